The molecule has 3 aromatic rings. The first kappa shape index (κ1) is 27.0. The van der Waals surface area contributed by atoms with E-state index in [4.69, 9.17) is 14.0 Å². The molecule has 7 heteroatoms. The van der Waals surface area contributed by atoms with E-state index in [9.17, 15) is 5.26 Å². The minimum atomic E-state index is 0.00290. The Balaban J connectivity index is 0.000000447. The van der Waals surface area contributed by atoms with E-state index in [1.807, 2.05) is 52.9 Å². The lowest BCUT2D eigenvalue weighted by Crippen LogP contribution is -2.12. The van der Waals surface area contributed by atoms with Gasteiger partial charge in [-0.1, -0.05) is 37.2 Å². The molecule has 182 valence electrons. The van der Waals surface area contributed by atoms with Crippen molar-refractivity contribution in [3.05, 3.63) is 53.1 Å². The molecule has 2 aromatic carbocycles. The van der Waals surface area contributed by atoms with Crippen LogP contribution in [0.25, 0.3) is 22.8 Å². The highest BCUT2D eigenvalue weighted by Gasteiger charge is 2.20. The predicted molar refractivity (Wildman–Crippen MR) is 135 cm³/mol. The summed E-state index contributed by atoms with van der Waals surface area (Å²) in [5, 5.41) is 16.5. The number of nitrogens with one attached hydrogen (secondary N) is 1. The third-order valence-electron chi connectivity index (χ3n) is 5.08. The molecule has 0 aliphatic heterocycles. The second kappa shape index (κ2) is 14.1. The van der Waals surface area contributed by atoms with Crippen molar-refractivity contribution in [1.82, 2.24) is 15.5 Å². The van der Waals surface area contributed by atoms with Gasteiger partial charge in [-0.2, -0.15) is 10.2 Å². The van der Waals surface area contributed by atoms with Crippen molar-refractivity contribution in [3.8, 4) is 34.7 Å². The molecule has 4 rings (SSSR count). The average molecular weight is 465 g/mol. The van der Waals surface area contributed by atoms with Gasteiger partial charge in [0, 0.05) is 24.8 Å². The molecule has 0 amide bonds. The quantitative estimate of drug-likeness (QED) is 0.466. The zero-order chi connectivity index (χ0) is 24.9. The molecule has 1 aromatic heterocycles. The van der Waals surface area contributed by atoms with E-state index in [0.29, 0.717) is 28.6 Å². The molecule has 0 atom stereocenters. The number of likely N-dealkylation sites (N-methyl/N-ethyl adjacent to an activating group) is 1. The first-order valence-electron chi connectivity index (χ1n) is 11.9. The summed E-state index contributed by atoms with van der Waals surface area (Å²) in [5.41, 5.74) is 4.89. The van der Waals surface area contributed by atoms with Gasteiger partial charge >= 0.3 is 0 Å². The van der Waals surface area contributed by atoms with Gasteiger partial charge < -0.3 is 19.3 Å². The van der Waals surface area contributed by atoms with Crippen molar-refractivity contribution in [3.63, 3.8) is 0 Å². The maximum atomic E-state index is 9.40. The lowest BCUT2D eigenvalue weighted by atomic mass is 10.0. The van der Waals surface area contributed by atoms with Crippen LogP contribution in [0.15, 0.2) is 40.9 Å². The predicted octanol–water partition coefficient (Wildman–Crippen LogP) is 5.43. The van der Waals surface area contributed by atoms with Gasteiger partial charge in [0.25, 0.3) is 5.89 Å². The van der Waals surface area contributed by atoms with Gasteiger partial charge in [0.05, 0.1) is 18.3 Å². The summed E-state index contributed by atoms with van der Waals surface area (Å²) in [6.07, 6.45) is 3.33. The molecule has 0 unspecified atom stereocenters. The number of fused-ring (bicyclic) bond motifs is 1. The maximum Gasteiger partial charge on any atom is 0.258 e. The van der Waals surface area contributed by atoms with Gasteiger partial charge in [-0.3, -0.25) is 0 Å². The van der Waals surface area contributed by atoms with Crippen LogP contribution in [0.5, 0.6) is 5.75 Å². The number of hydrogen-bond donors (Lipinski definition) is 1. The number of ether oxygens (including phenoxy) is 2. The Labute approximate surface area is 203 Å². The average Bonchev–Trinajstić information content (AvgIpc) is 3.54. The number of nitriles is 1. The van der Waals surface area contributed by atoms with Crippen molar-refractivity contribution in [2.24, 2.45) is 0 Å². The highest BCUT2D eigenvalue weighted by molar-refractivity contribution is 5.66. The molecule has 1 heterocycles. The Kier molecular flexibility index (Phi) is 11.2. The number of hydrogen-bond acceptors (Lipinski definition) is 7. The van der Waals surface area contributed by atoms with E-state index in [2.05, 4.69) is 27.6 Å². The van der Waals surface area contributed by atoms with Crippen LogP contribution in [-0.2, 0) is 17.6 Å². The lowest BCUT2D eigenvalue weighted by Gasteiger charge is -2.11. The Bertz CT molecular complexity index is 1070. The topological polar surface area (TPSA) is 93.2 Å². The lowest BCUT2D eigenvalue weighted by molar-refractivity contribution is 0.201. The number of aromatic nitrogens is 2. The Hall–Kier alpha value is -3.21. The van der Waals surface area contributed by atoms with Gasteiger partial charge in [0.1, 0.15) is 11.8 Å². The van der Waals surface area contributed by atoms with Crippen LogP contribution < -0.4 is 10.1 Å². The molecule has 0 bridgehead atoms. The fourth-order valence-electron chi connectivity index (χ4n) is 3.59. The molecule has 1 aliphatic rings. The minimum absolute atomic E-state index is 0.00290. The number of aryl methyl sites for hydroxylation is 1. The number of rotatable bonds is 7. The Morgan fingerprint density at radius 1 is 1.18 bits per heavy atom. The van der Waals surface area contributed by atoms with Gasteiger partial charge in [-0.25, -0.2) is 0 Å². The summed E-state index contributed by atoms with van der Waals surface area (Å²) in [6.45, 7) is 9.60. The number of methoxy groups -OCH3 is 1. The fourth-order valence-corrected chi connectivity index (χ4v) is 3.59. The fraction of sp³-hybridized carbons (Fsp3) is 0.444. The van der Waals surface area contributed by atoms with Gasteiger partial charge in [0.2, 0.25) is 5.82 Å². The zero-order valence-electron chi connectivity index (χ0n) is 21.1. The van der Waals surface area contributed by atoms with E-state index >= 15 is 0 Å². The Morgan fingerprint density at radius 3 is 2.62 bits per heavy atom. The molecule has 0 spiro atoms. The van der Waals surface area contributed by atoms with Crippen molar-refractivity contribution >= 4 is 0 Å². The van der Waals surface area contributed by atoms with Gasteiger partial charge in [-0.05, 0) is 69.5 Å². The minimum Gasteiger partial charge on any atom is -0.490 e. The highest BCUT2D eigenvalue weighted by atomic mass is 16.5. The van der Waals surface area contributed by atoms with Crippen molar-refractivity contribution in [1.29, 1.82) is 5.26 Å². The van der Waals surface area contributed by atoms with E-state index < -0.39 is 0 Å². The second-order valence-electron chi connectivity index (χ2n) is 7.81. The zero-order valence-corrected chi connectivity index (χ0v) is 21.1. The van der Waals surface area contributed by atoms with Crippen molar-refractivity contribution < 1.29 is 14.0 Å². The van der Waals surface area contributed by atoms with Gasteiger partial charge in [-0.15, -0.1) is 0 Å². The third-order valence-corrected chi connectivity index (χ3v) is 5.08. The second-order valence-corrected chi connectivity index (χ2v) is 7.81. The van der Waals surface area contributed by atoms with Crippen LogP contribution >= 0.6 is 0 Å². The van der Waals surface area contributed by atoms with Crippen molar-refractivity contribution in [2.75, 3.05) is 27.3 Å². The molecule has 1 N–H and O–H groups in total. The normalized spacial score (nSPS) is 11.6. The molecule has 0 saturated heterocycles. The van der Waals surface area contributed by atoms with Crippen molar-refractivity contribution in [2.45, 2.75) is 53.1 Å². The highest BCUT2D eigenvalue weighted by Crippen LogP contribution is 2.32. The molecule has 0 fully saturated rings. The maximum absolute atomic E-state index is 9.40. The summed E-state index contributed by atoms with van der Waals surface area (Å²) >= 11 is 0. The summed E-state index contributed by atoms with van der Waals surface area (Å²) in [7, 11) is 3.59. The van der Waals surface area contributed by atoms with E-state index in [0.717, 1.165) is 31.6 Å². The molecule has 34 heavy (non-hydrogen) atoms. The van der Waals surface area contributed by atoms with Crippen LogP contribution in [0.2, 0.25) is 0 Å². The smallest absolute Gasteiger partial charge is 0.258 e. The van der Waals surface area contributed by atoms with Crippen LogP contribution in [0.3, 0.4) is 0 Å². The number of nitrogens with zero attached hydrogens (tertiary/aromatic N) is 3. The summed E-state index contributed by atoms with van der Waals surface area (Å²) in [6, 6.07) is 13.8. The molecule has 0 radical (unpaired) electrons. The summed E-state index contributed by atoms with van der Waals surface area (Å²) in [5.74, 6) is 1.56. The third kappa shape index (κ3) is 7.14. The van der Waals surface area contributed by atoms with Gasteiger partial charge in [0.15, 0.2) is 0 Å². The molecular weight excluding hydrogens is 428 g/mol. The van der Waals surface area contributed by atoms with Crippen LogP contribution in [0.4, 0.5) is 0 Å². The summed E-state index contributed by atoms with van der Waals surface area (Å²) < 4.78 is 15.9. The molecule has 0 saturated carbocycles. The van der Waals surface area contributed by atoms with Crippen LogP contribution in [0, 0.1) is 11.3 Å². The van der Waals surface area contributed by atoms with Crippen LogP contribution in [0.1, 0.15) is 50.8 Å². The first-order chi connectivity index (χ1) is 16.6. The molecule has 7 nitrogen and oxygen atoms in total. The Morgan fingerprint density at radius 2 is 1.97 bits per heavy atom. The van der Waals surface area contributed by atoms with E-state index in [1.54, 1.807) is 19.2 Å². The SMILES string of the molecule is CC.CC(C)Oc1ccc(-c2nc(-c3cccc4c3CCC4)no2)cc1C#N.CNCCOC. The monoisotopic (exact) mass is 464 g/mol. The summed E-state index contributed by atoms with van der Waals surface area (Å²) in [4.78, 5) is 4.57. The van der Waals surface area contributed by atoms with Crippen LogP contribution in [-0.4, -0.2) is 43.6 Å². The van der Waals surface area contributed by atoms with E-state index in [-0.39, 0.29) is 6.10 Å². The standard InChI is InChI=1S/C21H19N3O2.C4H11NO.C2H6/c1-13(2)25-19-10-9-15(11-16(19)12-22)21-23-20(24-26-21)18-8-4-6-14-5-3-7-17(14)18;1-5-3-4-6-2;1-2/h4,6,8-11,13H,3,5,7H2,1-2H3;5H,3-4H2,1-2H3;1-2H3. The number of benzene rings is 2. The molecule has 1 aliphatic carbocycles. The first-order valence-corrected chi connectivity index (χ1v) is 11.9. The largest absolute Gasteiger partial charge is 0.490 e. The van der Waals surface area contributed by atoms with E-state index in [1.165, 1.54) is 17.5 Å². The molecular formula is C27H36N4O3.